The van der Waals surface area contributed by atoms with Gasteiger partial charge in [-0.15, -0.1) is 0 Å². The molecule has 14 rings (SSSR count). The van der Waals surface area contributed by atoms with Crippen molar-refractivity contribution in [1.82, 2.24) is 9.80 Å². The maximum absolute atomic E-state index is 15.4. The lowest BCUT2D eigenvalue weighted by Gasteiger charge is -2.70. The van der Waals surface area contributed by atoms with Crippen molar-refractivity contribution in [1.29, 1.82) is 0 Å². The Morgan fingerprint density at radius 3 is 1.82 bits per heavy atom. The second kappa shape index (κ2) is 10.7. The molecule has 3 heterocycles. The predicted octanol–water partition coefficient (Wildman–Crippen LogP) is 7.90. The number of benzene rings is 2. The zero-order chi connectivity index (χ0) is 37.4. The first-order valence-corrected chi connectivity index (χ1v) is 22.5. The molecule has 12 aliphatic rings. The summed E-state index contributed by atoms with van der Waals surface area (Å²) in [5.74, 6) is 1.57. The van der Waals surface area contributed by atoms with Gasteiger partial charge < -0.3 is 21.3 Å². The fourth-order valence-corrected chi connectivity index (χ4v) is 18.5. The summed E-state index contributed by atoms with van der Waals surface area (Å²) in [7, 11) is 0. The molecule has 9 saturated carbocycles. The highest BCUT2D eigenvalue weighted by molar-refractivity contribution is 5.86. The van der Waals surface area contributed by atoms with E-state index in [9.17, 15) is 4.79 Å². The minimum atomic E-state index is -0.333. The van der Waals surface area contributed by atoms with Crippen LogP contribution in [0.5, 0.6) is 0 Å². The second-order valence-electron chi connectivity index (χ2n) is 23.5. The summed E-state index contributed by atoms with van der Waals surface area (Å²) in [6.45, 7) is 6.85. The molecule has 8 unspecified atom stereocenters. The maximum Gasteiger partial charge on any atom is 0.229 e. The quantitative estimate of drug-likeness (QED) is 0.326. The Hall–Kier alpha value is -2.70. The van der Waals surface area contributed by atoms with Gasteiger partial charge in [-0.05, 0) is 165 Å². The highest BCUT2D eigenvalue weighted by Gasteiger charge is 2.71. The van der Waals surface area contributed by atoms with Crippen LogP contribution in [0.3, 0.4) is 0 Å². The Morgan fingerprint density at radius 1 is 0.618 bits per heavy atom. The molecule has 1 spiro atoms. The zero-order valence-electron chi connectivity index (χ0n) is 33.6. The fraction of sp³-hybridized carbons (Fsp3) is 0.714. The van der Waals surface area contributed by atoms with Crippen molar-refractivity contribution in [2.75, 3.05) is 13.1 Å². The molecule has 9 aliphatic carbocycles. The second-order valence-corrected chi connectivity index (χ2v) is 23.5. The van der Waals surface area contributed by atoms with Crippen LogP contribution in [0, 0.1) is 33.0 Å². The molecule has 3 aliphatic heterocycles. The van der Waals surface area contributed by atoms with Gasteiger partial charge in [0.1, 0.15) is 0 Å². The van der Waals surface area contributed by atoms with E-state index in [-0.39, 0.29) is 55.4 Å². The highest BCUT2D eigenvalue weighted by Crippen LogP contribution is 2.75. The van der Waals surface area contributed by atoms with Crippen LogP contribution >= 0.6 is 0 Å². The summed E-state index contributed by atoms with van der Waals surface area (Å²) in [5.41, 5.74) is 17.4. The summed E-state index contributed by atoms with van der Waals surface area (Å²) < 4.78 is 0. The third kappa shape index (κ3) is 4.68. The largest absolute Gasteiger partial charge is 0.342 e. The molecule has 12 fully saturated rings. The minimum Gasteiger partial charge on any atom is -0.342 e. The molecule has 12 atom stereocenters. The van der Waals surface area contributed by atoms with Gasteiger partial charge >= 0.3 is 0 Å². The third-order valence-electron chi connectivity index (χ3n) is 19.0. The Kier molecular flexibility index (Phi) is 6.66. The van der Waals surface area contributed by atoms with Crippen molar-refractivity contribution in [3.05, 3.63) is 71.3 Å². The number of fused-ring (bicyclic) bond motifs is 2. The third-order valence-corrected chi connectivity index (χ3v) is 19.0. The van der Waals surface area contributed by atoms with Crippen LogP contribution in [0.4, 0.5) is 0 Å². The van der Waals surface area contributed by atoms with E-state index in [1.165, 1.54) is 48.8 Å². The van der Waals surface area contributed by atoms with Gasteiger partial charge in [0, 0.05) is 42.7 Å². The first kappa shape index (κ1) is 34.4. The number of likely N-dealkylation sites (tertiary alicyclic amines) is 1. The van der Waals surface area contributed by atoms with Crippen molar-refractivity contribution in [2.24, 2.45) is 44.5 Å². The molecule has 3 saturated heterocycles. The number of nitrogens with two attached hydrogens (primary N) is 2. The average Bonchev–Trinajstić information content (AvgIpc) is 3.41. The minimum absolute atomic E-state index is 0.00409. The van der Waals surface area contributed by atoms with Gasteiger partial charge in [-0.25, -0.2) is 0 Å². The van der Waals surface area contributed by atoms with Gasteiger partial charge in [-0.1, -0.05) is 68.4 Å². The van der Waals surface area contributed by atoms with Crippen LogP contribution in [0.1, 0.15) is 146 Å². The predicted molar refractivity (Wildman–Crippen MR) is 215 cm³/mol. The van der Waals surface area contributed by atoms with Crippen molar-refractivity contribution < 1.29 is 9.59 Å². The van der Waals surface area contributed by atoms with Crippen molar-refractivity contribution in [3.63, 3.8) is 0 Å². The van der Waals surface area contributed by atoms with E-state index in [2.05, 4.69) is 78.2 Å². The number of rotatable bonds is 5. The summed E-state index contributed by atoms with van der Waals surface area (Å²) in [4.78, 5) is 34.8. The van der Waals surface area contributed by atoms with E-state index in [0.717, 1.165) is 96.6 Å². The van der Waals surface area contributed by atoms with Crippen molar-refractivity contribution in [2.45, 2.75) is 170 Å². The standard InChI is InChI=1S/C49H64N4O2/c1-42-18-32-19-45(22-42,27-46(20-32,23-42)40(54)52-15-14-44(31-52)21-39(44)51)34-8-10-35(11-9-34)48-25-43(2)24-47(28-48,33-6-4-3-5-7-33)29-49(26-43,30-48)41(55)53-37-12-13-38(53)17-36(50)16-37/h3-11,32,36-39H,12-31,50-51H2,1-2H3/t32?,36?,37?,38?,39?,42-,43+,44?,45-,46?,47+,48?,49?/m1/s1. The van der Waals surface area contributed by atoms with Crippen LogP contribution in [0.25, 0.3) is 0 Å². The Bertz CT molecular complexity index is 1970. The molecule has 2 aromatic rings. The lowest BCUT2D eigenvalue weighted by molar-refractivity contribution is -0.179. The van der Waals surface area contributed by atoms with E-state index < -0.39 is 0 Å². The molecular weight excluding hydrogens is 677 g/mol. The first-order valence-electron chi connectivity index (χ1n) is 22.5. The Labute approximate surface area is 328 Å². The number of hydrogen-bond donors (Lipinski definition) is 2. The number of piperidine rings is 1. The van der Waals surface area contributed by atoms with Gasteiger partial charge in [0.15, 0.2) is 0 Å². The van der Waals surface area contributed by atoms with Crippen LogP contribution < -0.4 is 11.5 Å². The molecule has 292 valence electrons. The number of carbonyl (C=O) groups excluding carboxylic acids is 2. The SMILES string of the molecule is C[C@]12CC3CC(C(=O)N4CCC5(CC5N)C4)(C1)C[C@@](c1ccc(C45CC6(C(=O)N7C8CCC7CC(N)C8)C[C@](C)(C4)C[C@@](c4ccccc4)(C6)C5)cc1)(C3)C2. The molecule has 10 bridgehead atoms. The van der Waals surface area contributed by atoms with Crippen LogP contribution in [-0.4, -0.2) is 58.9 Å². The lowest BCUT2D eigenvalue weighted by atomic mass is 9.33. The van der Waals surface area contributed by atoms with Crippen LogP contribution in [0.15, 0.2) is 54.6 Å². The normalized spacial score (nSPS) is 51.0. The van der Waals surface area contributed by atoms with Crippen molar-refractivity contribution >= 4 is 11.8 Å². The number of nitrogens with zero attached hydrogens (tertiary/aromatic N) is 2. The topological polar surface area (TPSA) is 92.7 Å². The average molecular weight is 741 g/mol. The molecule has 0 aromatic heterocycles. The van der Waals surface area contributed by atoms with Gasteiger partial charge in [0.25, 0.3) is 0 Å². The van der Waals surface area contributed by atoms with E-state index >= 15 is 4.79 Å². The molecule has 2 aromatic carbocycles. The van der Waals surface area contributed by atoms with Gasteiger partial charge in [-0.3, -0.25) is 9.59 Å². The van der Waals surface area contributed by atoms with E-state index in [0.29, 0.717) is 29.8 Å². The molecule has 4 N–H and O–H groups in total. The zero-order valence-corrected chi connectivity index (χ0v) is 33.6. The molecule has 6 heteroatoms. The molecular formula is C49H64N4O2. The van der Waals surface area contributed by atoms with Crippen LogP contribution in [-0.2, 0) is 25.8 Å². The van der Waals surface area contributed by atoms with Crippen molar-refractivity contribution in [3.8, 4) is 0 Å². The van der Waals surface area contributed by atoms with E-state index in [4.69, 9.17) is 11.5 Å². The summed E-state index contributed by atoms with van der Waals surface area (Å²) in [5, 5.41) is 0. The smallest absolute Gasteiger partial charge is 0.229 e. The van der Waals surface area contributed by atoms with E-state index in [1.54, 1.807) is 0 Å². The number of hydrogen-bond acceptors (Lipinski definition) is 4. The summed E-state index contributed by atoms with van der Waals surface area (Å²) in [6, 6.07) is 22.6. The Balaban J connectivity index is 0.905. The first-order chi connectivity index (χ1) is 26.2. The molecule has 2 amide bonds. The lowest BCUT2D eigenvalue weighted by Crippen LogP contribution is -2.68. The van der Waals surface area contributed by atoms with Gasteiger partial charge in [0.2, 0.25) is 11.8 Å². The van der Waals surface area contributed by atoms with Gasteiger partial charge in [-0.2, -0.15) is 0 Å². The van der Waals surface area contributed by atoms with E-state index in [1.807, 2.05) is 0 Å². The maximum atomic E-state index is 15.4. The summed E-state index contributed by atoms with van der Waals surface area (Å²) in [6.07, 6.45) is 19.7. The molecule has 6 nitrogen and oxygen atoms in total. The van der Waals surface area contributed by atoms with Gasteiger partial charge in [0.05, 0.1) is 10.8 Å². The van der Waals surface area contributed by atoms with Crippen LogP contribution in [0.2, 0.25) is 0 Å². The summed E-state index contributed by atoms with van der Waals surface area (Å²) >= 11 is 0. The number of carbonyl (C=O) groups is 2. The number of amides is 2. The highest BCUT2D eigenvalue weighted by atomic mass is 16.2. The monoisotopic (exact) mass is 741 g/mol. The Morgan fingerprint density at radius 2 is 1.20 bits per heavy atom. The molecule has 0 radical (unpaired) electrons. The molecule has 55 heavy (non-hydrogen) atoms. The fourth-order valence-electron chi connectivity index (χ4n) is 18.5.